The van der Waals surface area contributed by atoms with Crippen molar-refractivity contribution in [1.29, 1.82) is 0 Å². The molecule has 1 aromatic heterocycles. The number of benzene rings is 1. The second-order valence-electron chi connectivity index (χ2n) is 4.08. The van der Waals surface area contributed by atoms with Crippen molar-refractivity contribution in [3.05, 3.63) is 59.9 Å². The van der Waals surface area contributed by atoms with Gasteiger partial charge < -0.3 is 11.1 Å². The smallest absolute Gasteiger partial charge is 0.274 e. The van der Waals surface area contributed by atoms with Crippen LogP contribution in [0.4, 0.5) is 5.69 Å². The third kappa shape index (κ3) is 2.93. The summed E-state index contributed by atoms with van der Waals surface area (Å²) in [4.78, 5) is 15.9. The molecule has 0 saturated carbocycles. The normalized spacial score (nSPS) is 11.9. The fraction of sp³-hybridized carbons (Fsp3) is 0.143. The van der Waals surface area contributed by atoms with Gasteiger partial charge in [-0.05, 0) is 36.8 Å². The van der Waals surface area contributed by atoms with E-state index in [4.69, 9.17) is 5.73 Å². The molecule has 3 N–H and O–H groups in total. The number of nitrogens with two attached hydrogens (primary N) is 1. The Hall–Kier alpha value is -2.20. The van der Waals surface area contributed by atoms with Crippen molar-refractivity contribution in [3.63, 3.8) is 0 Å². The topological polar surface area (TPSA) is 68.0 Å². The molecule has 0 saturated heterocycles. The number of rotatable bonds is 3. The van der Waals surface area contributed by atoms with Crippen molar-refractivity contribution in [2.45, 2.75) is 13.0 Å². The second kappa shape index (κ2) is 5.42. The van der Waals surface area contributed by atoms with Crippen molar-refractivity contribution in [3.8, 4) is 0 Å². The average molecular weight is 241 g/mol. The van der Waals surface area contributed by atoms with Gasteiger partial charge in [-0.15, -0.1) is 0 Å². The molecule has 1 atom stereocenters. The summed E-state index contributed by atoms with van der Waals surface area (Å²) in [7, 11) is 0. The monoisotopic (exact) mass is 241 g/mol. The van der Waals surface area contributed by atoms with Crippen LogP contribution in [-0.4, -0.2) is 10.9 Å². The summed E-state index contributed by atoms with van der Waals surface area (Å²) < 4.78 is 0. The van der Waals surface area contributed by atoms with Crippen LogP contribution in [0.5, 0.6) is 0 Å². The number of nitrogens with zero attached hydrogens (tertiary/aromatic N) is 1. The lowest BCUT2D eigenvalue weighted by molar-refractivity contribution is 0.102. The van der Waals surface area contributed by atoms with Gasteiger partial charge in [0.15, 0.2) is 0 Å². The van der Waals surface area contributed by atoms with Crippen LogP contribution in [0.15, 0.2) is 48.7 Å². The molecule has 92 valence electrons. The van der Waals surface area contributed by atoms with Gasteiger partial charge in [0, 0.05) is 17.9 Å². The van der Waals surface area contributed by atoms with E-state index in [-0.39, 0.29) is 11.9 Å². The fourth-order valence-corrected chi connectivity index (χ4v) is 1.59. The van der Waals surface area contributed by atoms with Crippen molar-refractivity contribution < 1.29 is 4.79 Å². The van der Waals surface area contributed by atoms with Gasteiger partial charge in [-0.1, -0.05) is 18.2 Å². The van der Waals surface area contributed by atoms with Crippen LogP contribution in [0.3, 0.4) is 0 Å². The molecule has 18 heavy (non-hydrogen) atoms. The van der Waals surface area contributed by atoms with Gasteiger partial charge in [-0.2, -0.15) is 0 Å². The Balaban J connectivity index is 2.15. The van der Waals surface area contributed by atoms with Crippen LogP contribution < -0.4 is 11.1 Å². The first kappa shape index (κ1) is 12.3. The molecule has 1 heterocycles. The van der Waals surface area contributed by atoms with E-state index in [9.17, 15) is 4.79 Å². The number of hydrogen-bond donors (Lipinski definition) is 2. The summed E-state index contributed by atoms with van der Waals surface area (Å²) >= 11 is 0. The standard InChI is InChI=1S/C14H15N3O/c1-10(15)11-5-4-6-12(9-11)17-14(18)13-7-2-3-8-16-13/h2-10H,15H2,1H3,(H,17,18). The van der Waals surface area contributed by atoms with Gasteiger partial charge in [0.05, 0.1) is 0 Å². The summed E-state index contributed by atoms with van der Waals surface area (Å²) in [6, 6.07) is 12.7. The zero-order valence-corrected chi connectivity index (χ0v) is 10.1. The Morgan fingerprint density at radius 2 is 2.11 bits per heavy atom. The highest BCUT2D eigenvalue weighted by Crippen LogP contribution is 2.16. The number of carbonyl (C=O) groups excluding carboxylic acids is 1. The predicted octanol–water partition coefficient (Wildman–Crippen LogP) is 2.35. The number of nitrogens with one attached hydrogen (secondary N) is 1. The Bertz CT molecular complexity index is 538. The van der Waals surface area contributed by atoms with Gasteiger partial charge in [-0.25, -0.2) is 0 Å². The number of carbonyl (C=O) groups is 1. The van der Waals surface area contributed by atoms with E-state index in [0.29, 0.717) is 5.69 Å². The maximum Gasteiger partial charge on any atom is 0.274 e. The van der Waals surface area contributed by atoms with Crippen LogP contribution in [-0.2, 0) is 0 Å². The van der Waals surface area contributed by atoms with Crippen molar-refractivity contribution in [2.75, 3.05) is 5.32 Å². The van der Waals surface area contributed by atoms with E-state index in [1.54, 1.807) is 24.4 Å². The lowest BCUT2D eigenvalue weighted by Crippen LogP contribution is -2.14. The molecule has 0 aliphatic rings. The van der Waals surface area contributed by atoms with E-state index in [1.165, 1.54) is 0 Å². The molecule has 4 heteroatoms. The first-order valence-corrected chi connectivity index (χ1v) is 5.75. The molecule has 0 radical (unpaired) electrons. The quantitative estimate of drug-likeness (QED) is 0.866. The van der Waals surface area contributed by atoms with Crippen LogP contribution in [0.1, 0.15) is 29.0 Å². The molecule has 0 bridgehead atoms. The summed E-state index contributed by atoms with van der Waals surface area (Å²) in [5.41, 5.74) is 7.89. The molecule has 1 aromatic carbocycles. The lowest BCUT2D eigenvalue weighted by Gasteiger charge is -2.09. The molecular formula is C14H15N3O. The molecule has 0 fully saturated rings. The highest BCUT2D eigenvalue weighted by molar-refractivity contribution is 6.02. The molecule has 1 amide bonds. The van der Waals surface area contributed by atoms with Crippen molar-refractivity contribution >= 4 is 11.6 Å². The minimum absolute atomic E-state index is 0.0586. The van der Waals surface area contributed by atoms with Crippen LogP contribution in [0.2, 0.25) is 0 Å². The van der Waals surface area contributed by atoms with E-state index in [1.807, 2.05) is 31.2 Å². The van der Waals surface area contributed by atoms with Gasteiger partial charge >= 0.3 is 0 Å². The minimum Gasteiger partial charge on any atom is -0.324 e. The van der Waals surface area contributed by atoms with Crippen molar-refractivity contribution in [1.82, 2.24) is 4.98 Å². The van der Waals surface area contributed by atoms with Gasteiger partial charge in [0.1, 0.15) is 5.69 Å². The number of hydrogen-bond acceptors (Lipinski definition) is 3. The third-order valence-corrected chi connectivity index (χ3v) is 2.57. The maximum atomic E-state index is 11.9. The Morgan fingerprint density at radius 1 is 1.28 bits per heavy atom. The van der Waals surface area contributed by atoms with Crippen LogP contribution in [0, 0.1) is 0 Å². The average Bonchev–Trinajstić information content (AvgIpc) is 2.40. The zero-order chi connectivity index (χ0) is 13.0. The van der Waals surface area contributed by atoms with Crippen molar-refractivity contribution in [2.24, 2.45) is 5.73 Å². The molecule has 2 aromatic rings. The Labute approximate surface area is 106 Å². The molecule has 0 spiro atoms. The van der Waals surface area contributed by atoms with E-state index in [2.05, 4.69) is 10.3 Å². The number of aromatic nitrogens is 1. The number of anilines is 1. The highest BCUT2D eigenvalue weighted by atomic mass is 16.1. The minimum atomic E-state index is -0.225. The van der Waals surface area contributed by atoms with Crippen LogP contribution in [0.25, 0.3) is 0 Å². The largest absolute Gasteiger partial charge is 0.324 e. The summed E-state index contributed by atoms with van der Waals surface area (Å²) in [5.74, 6) is -0.225. The summed E-state index contributed by atoms with van der Waals surface area (Å²) in [6.45, 7) is 1.90. The summed E-state index contributed by atoms with van der Waals surface area (Å²) in [6.07, 6.45) is 1.59. The third-order valence-electron chi connectivity index (χ3n) is 2.57. The Morgan fingerprint density at radius 3 is 2.78 bits per heavy atom. The summed E-state index contributed by atoms with van der Waals surface area (Å²) in [5, 5.41) is 2.80. The van der Waals surface area contributed by atoms with Crippen LogP contribution >= 0.6 is 0 Å². The highest BCUT2D eigenvalue weighted by Gasteiger charge is 2.07. The maximum absolute atomic E-state index is 11.9. The number of pyridine rings is 1. The van der Waals surface area contributed by atoms with E-state index in [0.717, 1.165) is 11.3 Å². The van der Waals surface area contributed by atoms with Gasteiger partial charge in [0.25, 0.3) is 5.91 Å². The zero-order valence-electron chi connectivity index (χ0n) is 10.1. The predicted molar refractivity (Wildman–Crippen MR) is 71.2 cm³/mol. The molecular weight excluding hydrogens is 226 g/mol. The molecule has 0 aliphatic heterocycles. The fourth-order valence-electron chi connectivity index (χ4n) is 1.59. The van der Waals surface area contributed by atoms with E-state index < -0.39 is 0 Å². The second-order valence-corrected chi connectivity index (χ2v) is 4.08. The first-order chi connectivity index (χ1) is 8.66. The Kier molecular flexibility index (Phi) is 3.69. The van der Waals surface area contributed by atoms with Gasteiger partial charge in [0.2, 0.25) is 0 Å². The van der Waals surface area contributed by atoms with E-state index >= 15 is 0 Å². The molecule has 2 rings (SSSR count). The first-order valence-electron chi connectivity index (χ1n) is 5.75. The molecule has 4 nitrogen and oxygen atoms in total. The SMILES string of the molecule is CC(N)c1cccc(NC(=O)c2ccccn2)c1. The molecule has 1 unspecified atom stereocenters. The lowest BCUT2D eigenvalue weighted by atomic mass is 10.1. The molecule has 0 aliphatic carbocycles. The number of amides is 1. The van der Waals surface area contributed by atoms with Gasteiger partial charge in [-0.3, -0.25) is 9.78 Å².